The van der Waals surface area contributed by atoms with E-state index in [9.17, 15) is 0 Å². The number of anilines is 1. The smallest absolute Gasteiger partial charge is 0.125 e. The first-order valence-electron chi connectivity index (χ1n) is 6.43. The summed E-state index contributed by atoms with van der Waals surface area (Å²) >= 11 is 1.82. The molecule has 0 aliphatic carbocycles. The Balaban J connectivity index is 2.03. The van der Waals surface area contributed by atoms with Crippen LogP contribution < -0.4 is 5.32 Å². The van der Waals surface area contributed by atoms with Crippen molar-refractivity contribution in [3.8, 4) is 0 Å². The van der Waals surface area contributed by atoms with Crippen molar-refractivity contribution in [1.29, 1.82) is 0 Å². The fourth-order valence-electron chi connectivity index (χ4n) is 2.33. The van der Waals surface area contributed by atoms with E-state index in [1.807, 2.05) is 11.3 Å². The number of aromatic nitrogens is 2. The van der Waals surface area contributed by atoms with Crippen LogP contribution in [0.1, 0.15) is 43.8 Å². The number of hydrogen-bond acceptors (Lipinski definition) is 3. The highest BCUT2D eigenvalue weighted by Crippen LogP contribution is 2.34. The molecule has 2 aromatic heterocycles. The van der Waals surface area contributed by atoms with Crippen molar-refractivity contribution in [2.24, 2.45) is 0 Å². The standard InChI is InChI=1S/C14H19N3S/c1-14(2,3)12-9-13-15-7-6-10(17(13)16-12)11-5-4-8-18-11/h4-5,8-10,15H,6-7H2,1-3H3. The molecule has 0 saturated carbocycles. The van der Waals surface area contributed by atoms with Crippen molar-refractivity contribution < 1.29 is 0 Å². The Bertz CT molecular complexity index is 534. The van der Waals surface area contributed by atoms with Crippen molar-refractivity contribution in [1.82, 2.24) is 9.78 Å². The number of thiophene rings is 1. The molecule has 1 N–H and O–H groups in total. The summed E-state index contributed by atoms with van der Waals surface area (Å²) in [6, 6.07) is 6.93. The fourth-order valence-corrected chi connectivity index (χ4v) is 3.18. The molecule has 0 amide bonds. The quantitative estimate of drug-likeness (QED) is 0.849. The SMILES string of the molecule is CC(C)(C)c1cc2n(n1)C(c1cccs1)CCN2. The molecule has 1 atom stereocenters. The second-order valence-electron chi connectivity index (χ2n) is 5.86. The highest BCUT2D eigenvalue weighted by molar-refractivity contribution is 7.10. The molecule has 0 radical (unpaired) electrons. The molecule has 4 heteroatoms. The molecule has 3 nitrogen and oxygen atoms in total. The van der Waals surface area contributed by atoms with E-state index in [1.165, 1.54) is 4.88 Å². The topological polar surface area (TPSA) is 29.9 Å². The Labute approximate surface area is 112 Å². The Kier molecular flexibility index (Phi) is 2.70. The third kappa shape index (κ3) is 1.94. The van der Waals surface area contributed by atoms with Gasteiger partial charge in [-0.25, -0.2) is 4.68 Å². The van der Waals surface area contributed by atoms with Crippen molar-refractivity contribution in [2.45, 2.75) is 38.6 Å². The second-order valence-corrected chi connectivity index (χ2v) is 6.84. The minimum Gasteiger partial charge on any atom is -0.370 e. The first-order valence-corrected chi connectivity index (χ1v) is 7.31. The summed E-state index contributed by atoms with van der Waals surface area (Å²) < 4.78 is 2.16. The van der Waals surface area contributed by atoms with E-state index in [1.54, 1.807) is 0 Å². The Hall–Kier alpha value is -1.29. The van der Waals surface area contributed by atoms with Gasteiger partial charge in [0.1, 0.15) is 5.82 Å². The van der Waals surface area contributed by atoms with Crippen LogP contribution in [0.15, 0.2) is 23.6 Å². The van der Waals surface area contributed by atoms with E-state index in [2.05, 4.69) is 54.3 Å². The van der Waals surface area contributed by atoms with Gasteiger partial charge in [-0.15, -0.1) is 11.3 Å². The van der Waals surface area contributed by atoms with Gasteiger partial charge in [-0.05, 0) is 17.9 Å². The highest BCUT2D eigenvalue weighted by atomic mass is 32.1. The van der Waals surface area contributed by atoms with Gasteiger partial charge in [-0.2, -0.15) is 5.10 Å². The van der Waals surface area contributed by atoms with Crippen LogP contribution in [0, 0.1) is 0 Å². The molecule has 0 fully saturated rings. The summed E-state index contributed by atoms with van der Waals surface area (Å²) in [6.07, 6.45) is 1.11. The summed E-state index contributed by atoms with van der Waals surface area (Å²) in [6.45, 7) is 7.66. The zero-order valence-corrected chi connectivity index (χ0v) is 11.9. The molecule has 1 aliphatic heterocycles. The summed E-state index contributed by atoms with van der Waals surface area (Å²) in [4.78, 5) is 1.40. The van der Waals surface area contributed by atoms with E-state index in [0.29, 0.717) is 6.04 Å². The molecule has 0 aromatic carbocycles. The van der Waals surface area contributed by atoms with Gasteiger partial charge < -0.3 is 5.32 Å². The molecule has 2 aromatic rings. The Morgan fingerprint density at radius 2 is 2.28 bits per heavy atom. The normalized spacial score (nSPS) is 19.4. The van der Waals surface area contributed by atoms with Gasteiger partial charge in [0.05, 0.1) is 11.7 Å². The van der Waals surface area contributed by atoms with Crippen LogP contribution in [0.3, 0.4) is 0 Å². The number of nitrogens with zero attached hydrogens (tertiary/aromatic N) is 2. The number of rotatable bonds is 1. The third-order valence-corrected chi connectivity index (χ3v) is 4.37. The van der Waals surface area contributed by atoms with Gasteiger partial charge in [-0.3, -0.25) is 0 Å². The maximum absolute atomic E-state index is 4.82. The minimum absolute atomic E-state index is 0.103. The first-order chi connectivity index (χ1) is 8.55. The van der Waals surface area contributed by atoms with Crippen LogP contribution in [-0.2, 0) is 5.41 Å². The zero-order chi connectivity index (χ0) is 12.8. The van der Waals surface area contributed by atoms with Crippen LogP contribution in [0.5, 0.6) is 0 Å². The lowest BCUT2D eigenvalue weighted by atomic mass is 9.92. The molecule has 3 heterocycles. The first kappa shape index (κ1) is 11.8. The van der Waals surface area contributed by atoms with E-state index in [4.69, 9.17) is 5.10 Å². The number of nitrogens with one attached hydrogen (secondary N) is 1. The molecule has 1 unspecified atom stereocenters. The summed E-state index contributed by atoms with van der Waals surface area (Å²) in [5.74, 6) is 1.16. The molecule has 0 spiro atoms. The average molecular weight is 261 g/mol. The molecule has 1 aliphatic rings. The molecular weight excluding hydrogens is 242 g/mol. The summed E-state index contributed by atoms with van der Waals surface area (Å²) in [7, 11) is 0. The van der Waals surface area contributed by atoms with Gasteiger partial charge in [0.15, 0.2) is 0 Å². The van der Waals surface area contributed by atoms with E-state index >= 15 is 0 Å². The number of hydrogen-bond donors (Lipinski definition) is 1. The fraction of sp³-hybridized carbons (Fsp3) is 0.500. The molecule has 18 heavy (non-hydrogen) atoms. The molecule has 0 saturated heterocycles. The van der Waals surface area contributed by atoms with Crippen LogP contribution in [0.4, 0.5) is 5.82 Å². The monoisotopic (exact) mass is 261 g/mol. The second kappa shape index (κ2) is 4.12. The average Bonchev–Trinajstić information content (AvgIpc) is 2.96. The van der Waals surface area contributed by atoms with Crippen molar-refractivity contribution in [3.05, 3.63) is 34.2 Å². The van der Waals surface area contributed by atoms with Gasteiger partial charge in [0, 0.05) is 22.9 Å². The lowest BCUT2D eigenvalue weighted by molar-refractivity contribution is 0.467. The van der Waals surface area contributed by atoms with Crippen LogP contribution >= 0.6 is 11.3 Å². The van der Waals surface area contributed by atoms with Crippen molar-refractivity contribution in [2.75, 3.05) is 11.9 Å². The maximum atomic E-state index is 4.82. The third-order valence-electron chi connectivity index (χ3n) is 3.39. The van der Waals surface area contributed by atoms with E-state index in [-0.39, 0.29) is 5.41 Å². The minimum atomic E-state index is 0.103. The van der Waals surface area contributed by atoms with Crippen LogP contribution in [0.25, 0.3) is 0 Å². The van der Waals surface area contributed by atoms with Gasteiger partial charge in [0.2, 0.25) is 0 Å². The molecule has 0 bridgehead atoms. The van der Waals surface area contributed by atoms with Crippen LogP contribution in [0.2, 0.25) is 0 Å². The molecular formula is C14H19N3S. The Morgan fingerprint density at radius 1 is 1.44 bits per heavy atom. The van der Waals surface area contributed by atoms with Crippen LogP contribution in [-0.4, -0.2) is 16.3 Å². The van der Waals surface area contributed by atoms with E-state index < -0.39 is 0 Å². The lowest BCUT2D eigenvalue weighted by Crippen LogP contribution is -2.24. The van der Waals surface area contributed by atoms with E-state index in [0.717, 1.165) is 24.5 Å². The highest BCUT2D eigenvalue weighted by Gasteiger charge is 2.27. The molecule has 96 valence electrons. The summed E-state index contributed by atoms with van der Waals surface area (Å²) in [5.41, 5.74) is 1.26. The summed E-state index contributed by atoms with van der Waals surface area (Å²) in [5, 5.41) is 10.4. The van der Waals surface area contributed by atoms with Crippen molar-refractivity contribution in [3.63, 3.8) is 0 Å². The lowest BCUT2D eigenvalue weighted by Gasteiger charge is -2.24. The van der Waals surface area contributed by atoms with Crippen molar-refractivity contribution >= 4 is 17.2 Å². The van der Waals surface area contributed by atoms with Gasteiger partial charge in [-0.1, -0.05) is 26.8 Å². The predicted molar refractivity (Wildman–Crippen MR) is 76.5 cm³/mol. The maximum Gasteiger partial charge on any atom is 0.125 e. The van der Waals surface area contributed by atoms with Gasteiger partial charge >= 0.3 is 0 Å². The molecule has 3 rings (SSSR count). The predicted octanol–water partition coefficient (Wildman–Crippen LogP) is 3.65. The largest absolute Gasteiger partial charge is 0.370 e. The Morgan fingerprint density at radius 3 is 2.94 bits per heavy atom. The number of fused-ring (bicyclic) bond motifs is 1. The van der Waals surface area contributed by atoms with Gasteiger partial charge in [0.25, 0.3) is 0 Å². The zero-order valence-electron chi connectivity index (χ0n) is 11.1.